The fourth-order valence-corrected chi connectivity index (χ4v) is 4.92. The summed E-state index contributed by atoms with van der Waals surface area (Å²) >= 11 is 0. The van der Waals surface area contributed by atoms with Crippen LogP contribution in [0.3, 0.4) is 0 Å². The number of pyridine rings is 1. The van der Waals surface area contributed by atoms with E-state index in [1.807, 2.05) is 6.08 Å². The molecule has 0 radical (unpaired) electrons. The lowest BCUT2D eigenvalue weighted by Gasteiger charge is -2.27. The van der Waals surface area contributed by atoms with Gasteiger partial charge in [-0.2, -0.15) is 0 Å². The van der Waals surface area contributed by atoms with Gasteiger partial charge < -0.3 is 0 Å². The molecule has 152 valence electrons. The van der Waals surface area contributed by atoms with E-state index in [2.05, 4.69) is 88.4 Å². The third-order valence-electron chi connectivity index (χ3n) is 6.57. The summed E-state index contributed by atoms with van der Waals surface area (Å²) in [5, 5.41) is 0. The zero-order valence-electron chi connectivity index (χ0n) is 18.8. The first-order chi connectivity index (χ1) is 14.5. The largest absolute Gasteiger partial charge is 0.253 e. The number of rotatable bonds is 4. The topological polar surface area (TPSA) is 15.9 Å². The van der Waals surface area contributed by atoms with Crippen LogP contribution in [0.25, 0.3) is 17.3 Å². The Labute approximate surface area is 180 Å². The second kappa shape index (κ2) is 8.02. The zero-order chi connectivity index (χ0) is 21.4. The maximum atomic E-state index is 4.97. The molecule has 1 aromatic heterocycles. The van der Waals surface area contributed by atoms with Gasteiger partial charge in [0.2, 0.25) is 5.71 Å². The number of benzene rings is 2. The molecule has 1 aliphatic heterocycles. The molecule has 0 saturated heterocycles. The molecule has 2 heteroatoms. The van der Waals surface area contributed by atoms with Crippen LogP contribution in [0.4, 0.5) is 0 Å². The summed E-state index contributed by atoms with van der Waals surface area (Å²) in [6.07, 6.45) is 4.02. The molecular weight excluding hydrogens is 364 g/mol. The number of aryl methyl sites for hydroxylation is 1. The first kappa shape index (κ1) is 20.3. The van der Waals surface area contributed by atoms with E-state index in [9.17, 15) is 0 Å². The maximum Gasteiger partial charge on any atom is 0.215 e. The smallest absolute Gasteiger partial charge is 0.215 e. The van der Waals surface area contributed by atoms with Crippen LogP contribution in [0.2, 0.25) is 0 Å². The average Bonchev–Trinajstić information content (AvgIpc) is 2.75. The Morgan fingerprint density at radius 2 is 1.77 bits per heavy atom. The van der Waals surface area contributed by atoms with Crippen molar-refractivity contribution in [3.05, 3.63) is 93.7 Å². The Morgan fingerprint density at radius 3 is 2.47 bits per heavy atom. The van der Waals surface area contributed by atoms with Gasteiger partial charge in [-0.1, -0.05) is 43.8 Å². The van der Waals surface area contributed by atoms with E-state index in [0.717, 1.165) is 30.8 Å². The number of hydrogen-bond acceptors (Lipinski definition) is 1. The van der Waals surface area contributed by atoms with Crippen molar-refractivity contribution >= 4 is 11.8 Å². The highest BCUT2D eigenvalue weighted by molar-refractivity contribution is 6.16. The van der Waals surface area contributed by atoms with E-state index in [4.69, 9.17) is 4.98 Å². The highest BCUT2D eigenvalue weighted by Crippen LogP contribution is 2.38. The molecule has 0 fully saturated rings. The predicted molar refractivity (Wildman–Crippen MR) is 128 cm³/mol. The second-order valence-corrected chi connectivity index (χ2v) is 8.29. The fourth-order valence-electron chi connectivity index (χ4n) is 4.92. The molecule has 2 heterocycles. The third kappa shape index (κ3) is 3.21. The molecule has 0 saturated carbocycles. The lowest BCUT2D eigenvalue weighted by atomic mass is 9.79. The van der Waals surface area contributed by atoms with E-state index < -0.39 is 0 Å². The van der Waals surface area contributed by atoms with Crippen molar-refractivity contribution in [1.82, 2.24) is 4.98 Å². The SMILES string of the molecule is C=Cc1ccccc1C1=[N+](C)CCc2c(C)c(C)c(CC)c(-c3cccc(C)n3)c21. The summed E-state index contributed by atoms with van der Waals surface area (Å²) < 4.78 is 2.41. The molecule has 0 atom stereocenters. The zero-order valence-corrected chi connectivity index (χ0v) is 18.8. The van der Waals surface area contributed by atoms with Crippen molar-refractivity contribution in [3.63, 3.8) is 0 Å². The van der Waals surface area contributed by atoms with Crippen LogP contribution in [0.15, 0.2) is 49.0 Å². The van der Waals surface area contributed by atoms with Crippen molar-refractivity contribution < 1.29 is 4.58 Å². The second-order valence-electron chi connectivity index (χ2n) is 8.29. The minimum absolute atomic E-state index is 0.991. The summed E-state index contributed by atoms with van der Waals surface area (Å²) in [5.74, 6) is 0. The minimum Gasteiger partial charge on any atom is -0.253 e. The molecular formula is C28H31N2+. The van der Waals surface area contributed by atoms with Gasteiger partial charge in [0, 0.05) is 17.7 Å². The summed E-state index contributed by atoms with van der Waals surface area (Å²) in [4.78, 5) is 4.97. The number of fused-ring (bicyclic) bond motifs is 1. The van der Waals surface area contributed by atoms with Crippen LogP contribution in [0.5, 0.6) is 0 Å². The van der Waals surface area contributed by atoms with E-state index >= 15 is 0 Å². The molecule has 30 heavy (non-hydrogen) atoms. The lowest BCUT2D eigenvalue weighted by molar-refractivity contribution is -0.497. The summed E-state index contributed by atoms with van der Waals surface area (Å²) in [7, 11) is 2.21. The van der Waals surface area contributed by atoms with Crippen molar-refractivity contribution in [2.45, 2.75) is 40.5 Å². The van der Waals surface area contributed by atoms with Crippen molar-refractivity contribution in [1.29, 1.82) is 0 Å². The van der Waals surface area contributed by atoms with Crippen LogP contribution in [-0.4, -0.2) is 28.9 Å². The molecule has 2 nitrogen and oxygen atoms in total. The molecule has 1 aliphatic rings. The monoisotopic (exact) mass is 395 g/mol. The first-order valence-electron chi connectivity index (χ1n) is 10.9. The summed E-state index contributed by atoms with van der Waals surface area (Å²) in [5.41, 5.74) is 14.2. The van der Waals surface area contributed by atoms with Gasteiger partial charge >= 0.3 is 0 Å². The highest BCUT2D eigenvalue weighted by Gasteiger charge is 2.33. The Bertz CT molecular complexity index is 1180. The van der Waals surface area contributed by atoms with Crippen molar-refractivity contribution in [3.8, 4) is 11.3 Å². The Balaban J connectivity index is 2.17. The maximum absolute atomic E-state index is 4.97. The summed E-state index contributed by atoms with van der Waals surface area (Å²) in [6, 6.07) is 15.0. The van der Waals surface area contributed by atoms with Gasteiger partial charge in [0.05, 0.1) is 16.8 Å². The first-order valence-corrected chi connectivity index (χ1v) is 10.9. The van der Waals surface area contributed by atoms with Crippen LogP contribution in [0, 0.1) is 20.8 Å². The molecule has 0 N–H and O–H groups in total. The number of aromatic nitrogens is 1. The standard InChI is InChI=1S/C28H31N2/c1-7-21-13-9-10-14-24(21)28-27-23(16-17-30(28)6)20(5)19(4)22(8-2)26(27)25-15-11-12-18(3)29-25/h7,9-15H,1,8,16-17H2,2-6H3/q+1. The molecule has 4 rings (SSSR count). The molecule has 2 aromatic carbocycles. The van der Waals surface area contributed by atoms with Crippen molar-refractivity contribution in [2.24, 2.45) is 0 Å². The fraction of sp³-hybridized carbons (Fsp3) is 0.286. The van der Waals surface area contributed by atoms with Crippen LogP contribution >= 0.6 is 0 Å². The Kier molecular flexibility index (Phi) is 5.42. The molecule has 0 amide bonds. The van der Waals surface area contributed by atoms with Crippen LogP contribution < -0.4 is 0 Å². The third-order valence-corrected chi connectivity index (χ3v) is 6.57. The van der Waals surface area contributed by atoms with E-state index in [0.29, 0.717) is 0 Å². The predicted octanol–water partition coefficient (Wildman–Crippen LogP) is 5.92. The van der Waals surface area contributed by atoms with Gasteiger partial charge in [0.25, 0.3) is 0 Å². The quantitative estimate of drug-likeness (QED) is 0.501. The normalized spacial score (nSPS) is 13.4. The van der Waals surface area contributed by atoms with Crippen LogP contribution in [0.1, 0.15) is 51.6 Å². The molecule has 0 aliphatic carbocycles. The molecule has 0 bridgehead atoms. The Hall–Kier alpha value is -3.00. The number of likely N-dealkylation sites (N-methyl/N-ethyl adjacent to an activating group) is 1. The van der Waals surface area contributed by atoms with E-state index in [-0.39, 0.29) is 0 Å². The number of hydrogen-bond donors (Lipinski definition) is 0. The van der Waals surface area contributed by atoms with Gasteiger partial charge in [0.1, 0.15) is 13.6 Å². The summed E-state index contributed by atoms with van der Waals surface area (Å²) in [6.45, 7) is 14.0. The average molecular weight is 396 g/mol. The highest BCUT2D eigenvalue weighted by atomic mass is 15.0. The lowest BCUT2D eigenvalue weighted by Crippen LogP contribution is -2.31. The van der Waals surface area contributed by atoms with Gasteiger partial charge in [-0.15, -0.1) is 0 Å². The number of nitrogens with zero attached hydrogens (tertiary/aromatic N) is 2. The molecule has 0 spiro atoms. The van der Waals surface area contributed by atoms with E-state index in [1.165, 1.54) is 50.2 Å². The Morgan fingerprint density at radius 1 is 1.00 bits per heavy atom. The van der Waals surface area contributed by atoms with Crippen molar-refractivity contribution in [2.75, 3.05) is 13.6 Å². The molecule has 0 unspecified atom stereocenters. The van der Waals surface area contributed by atoms with E-state index in [1.54, 1.807) is 0 Å². The van der Waals surface area contributed by atoms with Gasteiger partial charge in [-0.3, -0.25) is 4.98 Å². The van der Waals surface area contributed by atoms with Gasteiger partial charge in [0.15, 0.2) is 0 Å². The van der Waals surface area contributed by atoms with Gasteiger partial charge in [-0.05, 0) is 73.2 Å². The minimum atomic E-state index is 0.991. The van der Waals surface area contributed by atoms with Crippen LogP contribution in [-0.2, 0) is 12.8 Å². The molecule has 3 aromatic rings. The van der Waals surface area contributed by atoms with Gasteiger partial charge in [-0.25, -0.2) is 4.58 Å².